The van der Waals surface area contributed by atoms with Crippen LogP contribution in [0.15, 0.2) is 53.1 Å². The first-order chi connectivity index (χ1) is 15.2. The molecule has 1 amide bonds. The number of carbonyl (C=O) groups is 1. The molecule has 7 nitrogen and oxygen atoms in total. The van der Waals surface area contributed by atoms with Crippen molar-refractivity contribution in [1.29, 1.82) is 0 Å². The topological polar surface area (TPSA) is 80.5 Å². The van der Waals surface area contributed by atoms with Crippen molar-refractivity contribution in [2.45, 2.75) is 32.2 Å². The second kappa shape index (κ2) is 10.2. The van der Waals surface area contributed by atoms with Crippen molar-refractivity contribution in [3.05, 3.63) is 65.5 Å². The summed E-state index contributed by atoms with van der Waals surface area (Å²) in [5.41, 5.74) is 3.73. The number of rotatable bonds is 9. The zero-order valence-electron chi connectivity index (χ0n) is 17.8. The fourth-order valence-electron chi connectivity index (χ4n) is 3.80. The number of nitrogens with one attached hydrogen (secondary N) is 1. The highest BCUT2D eigenvalue weighted by molar-refractivity contribution is 5.76. The molecule has 0 saturated carbocycles. The van der Waals surface area contributed by atoms with Crippen molar-refractivity contribution < 1.29 is 14.1 Å². The SMILES string of the molecule is COc1ccc(-c2noc(CCC(=O)NCCCN3CCc4ccccc4C3)n2)cc1. The van der Waals surface area contributed by atoms with Gasteiger partial charge in [0.25, 0.3) is 0 Å². The molecule has 0 unspecified atom stereocenters. The molecule has 2 heterocycles. The van der Waals surface area contributed by atoms with E-state index in [1.165, 1.54) is 11.1 Å². The second-order valence-electron chi connectivity index (χ2n) is 7.74. The number of carbonyl (C=O) groups excluding carboxylic acids is 1. The lowest BCUT2D eigenvalue weighted by Gasteiger charge is -2.28. The molecule has 1 aliphatic heterocycles. The van der Waals surface area contributed by atoms with Gasteiger partial charge in [0, 0.05) is 44.6 Å². The minimum absolute atomic E-state index is 0.00758. The molecule has 0 aliphatic carbocycles. The van der Waals surface area contributed by atoms with Gasteiger partial charge in [-0.15, -0.1) is 0 Å². The van der Waals surface area contributed by atoms with E-state index in [0.717, 1.165) is 43.8 Å². The molecular formula is C24H28N4O3. The summed E-state index contributed by atoms with van der Waals surface area (Å²) in [6.07, 6.45) is 2.81. The van der Waals surface area contributed by atoms with Crippen LogP contribution in [0.5, 0.6) is 5.75 Å². The molecule has 0 fully saturated rings. The van der Waals surface area contributed by atoms with Crippen LogP contribution in [-0.2, 0) is 24.2 Å². The number of amides is 1. The van der Waals surface area contributed by atoms with Gasteiger partial charge in [-0.2, -0.15) is 4.98 Å². The van der Waals surface area contributed by atoms with Gasteiger partial charge < -0.3 is 14.6 Å². The Kier molecular flexibility index (Phi) is 6.94. The summed E-state index contributed by atoms with van der Waals surface area (Å²) >= 11 is 0. The molecule has 0 saturated heterocycles. The van der Waals surface area contributed by atoms with E-state index < -0.39 is 0 Å². The maximum absolute atomic E-state index is 12.1. The van der Waals surface area contributed by atoms with E-state index in [2.05, 4.69) is 44.6 Å². The lowest BCUT2D eigenvalue weighted by molar-refractivity contribution is -0.121. The Labute approximate surface area is 182 Å². The summed E-state index contributed by atoms with van der Waals surface area (Å²) in [6.45, 7) is 3.75. The number of benzene rings is 2. The summed E-state index contributed by atoms with van der Waals surface area (Å²) < 4.78 is 10.4. The Bertz CT molecular complexity index is 1000. The van der Waals surface area contributed by atoms with Gasteiger partial charge in [-0.25, -0.2) is 0 Å². The summed E-state index contributed by atoms with van der Waals surface area (Å²) in [7, 11) is 1.62. The predicted octanol–water partition coefficient (Wildman–Crippen LogP) is 3.24. The molecule has 1 aliphatic rings. The maximum atomic E-state index is 12.1. The third-order valence-electron chi connectivity index (χ3n) is 5.57. The molecule has 1 aromatic heterocycles. The molecule has 7 heteroatoms. The van der Waals surface area contributed by atoms with Gasteiger partial charge in [0.1, 0.15) is 5.75 Å². The van der Waals surface area contributed by atoms with E-state index in [-0.39, 0.29) is 5.91 Å². The molecule has 0 radical (unpaired) electrons. The smallest absolute Gasteiger partial charge is 0.227 e. The average molecular weight is 421 g/mol. The van der Waals surface area contributed by atoms with E-state index >= 15 is 0 Å². The quantitative estimate of drug-likeness (QED) is 0.536. The first kappa shape index (κ1) is 21.1. The number of methoxy groups -OCH3 is 1. The monoisotopic (exact) mass is 420 g/mol. The van der Waals surface area contributed by atoms with Gasteiger partial charge >= 0.3 is 0 Å². The van der Waals surface area contributed by atoms with Crippen LogP contribution in [0.4, 0.5) is 0 Å². The van der Waals surface area contributed by atoms with Crippen LogP contribution < -0.4 is 10.1 Å². The molecular weight excluding hydrogens is 392 g/mol. The Morgan fingerprint density at radius 3 is 2.77 bits per heavy atom. The Morgan fingerprint density at radius 2 is 1.97 bits per heavy atom. The summed E-state index contributed by atoms with van der Waals surface area (Å²) in [4.78, 5) is 19.0. The van der Waals surface area contributed by atoms with Crippen LogP contribution in [0.3, 0.4) is 0 Å². The van der Waals surface area contributed by atoms with Crippen molar-refractivity contribution >= 4 is 5.91 Å². The number of hydrogen-bond donors (Lipinski definition) is 1. The van der Waals surface area contributed by atoms with Crippen LogP contribution >= 0.6 is 0 Å². The van der Waals surface area contributed by atoms with E-state index in [0.29, 0.717) is 31.1 Å². The number of nitrogens with zero attached hydrogens (tertiary/aromatic N) is 3. The van der Waals surface area contributed by atoms with Crippen molar-refractivity contribution in [3.63, 3.8) is 0 Å². The third-order valence-corrected chi connectivity index (χ3v) is 5.57. The first-order valence-electron chi connectivity index (χ1n) is 10.7. The standard InChI is InChI=1S/C24H28N4O3/c1-30-21-9-7-19(8-10-21)24-26-23(31-27-24)12-11-22(29)25-14-4-15-28-16-13-18-5-2-3-6-20(18)17-28/h2-3,5-10H,4,11-17H2,1H3,(H,25,29). The maximum Gasteiger partial charge on any atom is 0.227 e. The molecule has 162 valence electrons. The zero-order valence-corrected chi connectivity index (χ0v) is 17.8. The fraction of sp³-hybridized carbons (Fsp3) is 0.375. The van der Waals surface area contributed by atoms with Gasteiger partial charge in [-0.05, 0) is 48.2 Å². The highest BCUT2D eigenvalue weighted by Gasteiger charge is 2.15. The number of aryl methyl sites for hydroxylation is 1. The number of fused-ring (bicyclic) bond motifs is 1. The lowest BCUT2D eigenvalue weighted by Crippen LogP contribution is -2.33. The van der Waals surface area contributed by atoms with E-state index in [4.69, 9.17) is 9.26 Å². The number of aromatic nitrogens is 2. The minimum atomic E-state index is 0.00758. The zero-order chi connectivity index (χ0) is 21.5. The second-order valence-corrected chi connectivity index (χ2v) is 7.74. The molecule has 3 aromatic rings. The normalized spacial score (nSPS) is 13.6. The van der Waals surface area contributed by atoms with Crippen LogP contribution in [0.1, 0.15) is 29.9 Å². The van der Waals surface area contributed by atoms with Crippen molar-refractivity contribution in [1.82, 2.24) is 20.4 Å². The molecule has 0 spiro atoms. The summed E-state index contributed by atoms with van der Waals surface area (Å²) in [5, 5.41) is 6.99. The van der Waals surface area contributed by atoms with Crippen molar-refractivity contribution in [3.8, 4) is 17.1 Å². The predicted molar refractivity (Wildman–Crippen MR) is 118 cm³/mol. The van der Waals surface area contributed by atoms with Crippen molar-refractivity contribution in [2.24, 2.45) is 0 Å². The minimum Gasteiger partial charge on any atom is -0.497 e. The van der Waals surface area contributed by atoms with Crippen molar-refractivity contribution in [2.75, 3.05) is 26.7 Å². The fourth-order valence-corrected chi connectivity index (χ4v) is 3.80. The molecule has 0 atom stereocenters. The third kappa shape index (κ3) is 5.70. The summed E-state index contributed by atoms with van der Waals surface area (Å²) in [6, 6.07) is 16.1. The lowest BCUT2D eigenvalue weighted by atomic mass is 10.00. The Hall–Kier alpha value is -3.19. The van der Waals surface area contributed by atoms with E-state index in [1.54, 1.807) is 7.11 Å². The molecule has 2 aromatic carbocycles. The van der Waals surface area contributed by atoms with Crippen LogP contribution in [0, 0.1) is 0 Å². The van der Waals surface area contributed by atoms with E-state index in [9.17, 15) is 4.79 Å². The number of ether oxygens (including phenoxy) is 1. The molecule has 4 rings (SSSR count). The van der Waals surface area contributed by atoms with Gasteiger partial charge in [-0.1, -0.05) is 29.4 Å². The van der Waals surface area contributed by atoms with Crippen LogP contribution in [0.25, 0.3) is 11.4 Å². The highest BCUT2D eigenvalue weighted by Crippen LogP contribution is 2.20. The van der Waals surface area contributed by atoms with Gasteiger partial charge in [0.2, 0.25) is 17.6 Å². The Balaban J connectivity index is 1.14. The van der Waals surface area contributed by atoms with Gasteiger partial charge in [-0.3, -0.25) is 9.69 Å². The van der Waals surface area contributed by atoms with E-state index in [1.807, 2.05) is 24.3 Å². The highest BCUT2D eigenvalue weighted by atomic mass is 16.5. The average Bonchev–Trinajstić information content (AvgIpc) is 3.29. The molecule has 0 bridgehead atoms. The molecule has 31 heavy (non-hydrogen) atoms. The first-order valence-corrected chi connectivity index (χ1v) is 10.7. The van der Waals surface area contributed by atoms with Crippen LogP contribution in [-0.4, -0.2) is 47.7 Å². The van der Waals surface area contributed by atoms with Gasteiger partial charge in [0.15, 0.2) is 0 Å². The Morgan fingerprint density at radius 1 is 1.16 bits per heavy atom. The largest absolute Gasteiger partial charge is 0.497 e. The molecule has 1 N–H and O–H groups in total. The van der Waals surface area contributed by atoms with Gasteiger partial charge in [0.05, 0.1) is 7.11 Å². The summed E-state index contributed by atoms with van der Waals surface area (Å²) in [5.74, 6) is 1.76. The van der Waals surface area contributed by atoms with Crippen LogP contribution in [0.2, 0.25) is 0 Å². The number of hydrogen-bond acceptors (Lipinski definition) is 6.